The van der Waals surface area contributed by atoms with Gasteiger partial charge in [-0.3, -0.25) is 4.79 Å². The van der Waals surface area contributed by atoms with Gasteiger partial charge in [0.15, 0.2) is 0 Å². The fraction of sp³-hybridized carbons (Fsp3) is 0. The van der Waals surface area contributed by atoms with Gasteiger partial charge in [0.2, 0.25) is 5.78 Å². The Balaban J connectivity index is 1.64. The summed E-state index contributed by atoms with van der Waals surface area (Å²) in [5.74, 6) is 0.983. The second kappa shape index (κ2) is 5.56. The summed E-state index contributed by atoms with van der Waals surface area (Å²) in [7, 11) is 0. The van der Waals surface area contributed by atoms with Gasteiger partial charge >= 0.3 is 0 Å². The lowest BCUT2D eigenvalue weighted by Gasteiger charge is -1.96. The van der Waals surface area contributed by atoms with Crippen LogP contribution in [0.25, 0.3) is 17.4 Å². The van der Waals surface area contributed by atoms with Crippen LogP contribution < -0.4 is 0 Å². The Morgan fingerprint density at radius 2 is 1.74 bits per heavy atom. The highest BCUT2D eigenvalue weighted by molar-refractivity contribution is 8.04. The lowest BCUT2D eigenvalue weighted by Crippen LogP contribution is -1.93. The van der Waals surface area contributed by atoms with Crippen molar-refractivity contribution >= 4 is 23.6 Å². The SMILES string of the molecule is O=C1C(=Cc2ccc(-c3ccc(F)cc3)o2)Sc2ccccc21. The molecule has 0 saturated heterocycles. The Morgan fingerprint density at radius 3 is 2.52 bits per heavy atom. The van der Waals surface area contributed by atoms with E-state index in [9.17, 15) is 9.18 Å². The highest BCUT2D eigenvalue weighted by atomic mass is 32.2. The van der Waals surface area contributed by atoms with Crippen molar-refractivity contribution < 1.29 is 13.6 Å². The van der Waals surface area contributed by atoms with Crippen LogP contribution in [-0.2, 0) is 0 Å². The van der Waals surface area contributed by atoms with Crippen LogP contribution in [0.5, 0.6) is 0 Å². The molecule has 0 unspecified atom stereocenters. The molecule has 0 spiro atoms. The van der Waals surface area contributed by atoms with Crippen molar-refractivity contribution in [3.63, 3.8) is 0 Å². The van der Waals surface area contributed by atoms with Crippen molar-refractivity contribution in [2.24, 2.45) is 0 Å². The average Bonchev–Trinajstić information content (AvgIpc) is 3.15. The lowest BCUT2D eigenvalue weighted by atomic mass is 10.1. The van der Waals surface area contributed by atoms with Gasteiger partial charge in [-0.25, -0.2) is 4.39 Å². The molecule has 2 aromatic carbocycles. The van der Waals surface area contributed by atoms with Crippen molar-refractivity contribution in [3.05, 3.63) is 82.7 Å². The highest BCUT2D eigenvalue weighted by Gasteiger charge is 2.25. The molecule has 2 nitrogen and oxygen atoms in total. The van der Waals surface area contributed by atoms with Gasteiger partial charge in [0, 0.05) is 16.0 Å². The van der Waals surface area contributed by atoms with Crippen LogP contribution in [0.1, 0.15) is 16.1 Å². The van der Waals surface area contributed by atoms with E-state index in [2.05, 4.69) is 0 Å². The normalized spacial score (nSPS) is 15.2. The Morgan fingerprint density at radius 1 is 0.957 bits per heavy atom. The molecule has 0 radical (unpaired) electrons. The van der Waals surface area contributed by atoms with Gasteiger partial charge in [0.1, 0.15) is 17.3 Å². The van der Waals surface area contributed by atoms with E-state index < -0.39 is 0 Å². The number of ketones is 1. The first-order chi connectivity index (χ1) is 11.2. The number of rotatable bonds is 2. The first-order valence-corrected chi connectivity index (χ1v) is 7.91. The van der Waals surface area contributed by atoms with Gasteiger partial charge in [-0.2, -0.15) is 0 Å². The molecule has 0 fully saturated rings. The number of furan rings is 1. The van der Waals surface area contributed by atoms with Gasteiger partial charge in [-0.15, -0.1) is 0 Å². The topological polar surface area (TPSA) is 30.2 Å². The number of halogens is 1. The molecule has 0 bridgehead atoms. The standard InChI is InChI=1S/C19H11FO2S/c20-13-7-5-12(6-8-13)16-10-9-14(22-16)11-18-19(21)15-3-1-2-4-17(15)23-18/h1-11H. The third-order valence-electron chi connectivity index (χ3n) is 3.60. The zero-order chi connectivity index (χ0) is 15.8. The molecule has 2 heterocycles. The van der Waals surface area contributed by atoms with Crippen molar-refractivity contribution in [1.29, 1.82) is 0 Å². The summed E-state index contributed by atoms with van der Waals surface area (Å²) in [5, 5.41) is 0. The molecule has 1 aromatic heterocycles. The monoisotopic (exact) mass is 322 g/mol. The Bertz CT molecular complexity index is 923. The smallest absolute Gasteiger partial charge is 0.200 e. The average molecular weight is 322 g/mol. The lowest BCUT2D eigenvalue weighted by molar-refractivity contribution is 0.104. The molecule has 3 aromatic rings. The molecule has 0 aliphatic carbocycles. The predicted octanol–water partition coefficient (Wildman–Crippen LogP) is 5.42. The number of allylic oxidation sites excluding steroid dienone is 1. The maximum Gasteiger partial charge on any atom is 0.200 e. The summed E-state index contributed by atoms with van der Waals surface area (Å²) >= 11 is 1.45. The van der Waals surface area contributed by atoms with Gasteiger partial charge in [0.25, 0.3) is 0 Å². The number of benzene rings is 2. The van der Waals surface area contributed by atoms with Gasteiger partial charge in [-0.05, 0) is 54.6 Å². The minimum atomic E-state index is -0.284. The number of carbonyl (C=O) groups is 1. The van der Waals surface area contributed by atoms with Crippen LogP contribution in [0.2, 0.25) is 0 Å². The summed E-state index contributed by atoms with van der Waals surface area (Å²) in [6, 6.07) is 17.3. The fourth-order valence-electron chi connectivity index (χ4n) is 2.46. The van der Waals surface area contributed by atoms with Crippen LogP contribution in [0, 0.1) is 5.82 Å². The Hall–Kier alpha value is -2.59. The van der Waals surface area contributed by atoms with E-state index >= 15 is 0 Å². The van der Waals surface area contributed by atoms with Crippen molar-refractivity contribution in [2.45, 2.75) is 4.90 Å². The summed E-state index contributed by atoms with van der Waals surface area (Å²) < 4.78 is 18.7. The maximum absolute atomic E-state index is 13.0. The number of hydrogen-bond donors (Lipinski definition) is 0. The third kappa shape index (κ3) is 2.62. The van der Waals surface area contributed by atoms with Crippen molar-refractivity contribution in [1.82, 2.24) is 0 Å². The predicted molar refractivity (Wildman–Crippen MR) is 88.7 cm³/mol. The number of carbonyl (C=O) groups excluding carboxylic acids is 1. The fourth-order valence-corrected chi connectivity index (χ4v) is 3.50. The molecule has 0 N–H and O–H groups in total. The molecular formula is C19H11FO2S. The maximum atomic E-state index is 13.0. The second-order valence-corrected chi connectivity index (χ2v) is 6.23. The van der Waals surface area contributed by atoms with E-state index in [4.69, 9.17) is 4.42 Å². The molecule has 112 valence electrons. The largest absolute Gasteiger partial charge is 0.457 e. The minimum Gasteiger partial charge on any atom is -0.457 e. The number of fused-ring (bicyclic) bond motifs is 1. The summed E-state index contributed by atoms with van der Waals surface area (Å²) in [5.41, 5.74) is 1.53. The second-order valence-electron chi connectivity index (χ2n) is 5.14. The molecule has 23 heavy (non-hydrogen) atoms. The van der Waals surface area contributed by atoms with E-state index in [0.717, 1.165) is 16.0 Å². The van der Waals surface area contributed by atoms with Crippen molar-refractivity contribution in [3.8, 4) is 11.3 Å². The minimum absolute atomic E-state index is 0.0188. The van der Waals surface area contributed by atoms with Crippen LogP contribution in [0.15, 0.2) is 74.9 Å². The Kier molecular flexibility index (Phi) is 3.39. The van der Waals surface area contributed by atoms with E-state index in [-0.39, 0.29) is 11.6 Å². The summed E-state index contributed by atoms with van der Waals surface area (Å²) in [6.07, 6.45) is 1.75. The summed E-state index contributed by atoms with van der Waals surface area (Å²) in [6.45, 7) is 0. The first-order valence-electron chi connectivity index (χ1n) is 7.10. The Labute approximate surface area is 136 Å². The van der Waals surface area contributed by atoms with E-state index in [1.54, 1.807) is 18.2 Å². The summed E-state index contributed by atoms with van der Waals surface area (Å²) in [4.78, 5) is 14.0. The van der Waals surface area contributed by atoms with Crippen molar-refractivity contribution in [2.75, 3.05) is 0 Å². The molecule has 4 rings (SSSR count). The highest BCUT2D eigenvalue weighted by Crippen LogP contribution is 2.40. The number of Topliss-reactive ketones (excluding diaryl/α,β-unsaturated/α-hetero) is 1. The van der Waals surface area contributed by atoms with Gasteiger partial charge in [0.05, 0.1) is 4.91 Å². The molecule has 1 aliphatic heterocycles. The zero-order valence-corrected chi connectivity index (χ0v) is 12.8. The van der Waals surface area contributed by atoms with Crippen LogP contribution >= 0.6 is 11.8 Å². The number of hydrogen-bond acceptors (Lipinski definition) is 3. The molecular weight excluding hydrogens is 311 g/mol. The van der Waals surface area contributed by atoms with Gasteiger partial charge < -0.3 is 4.42 Å². The first kappa shape index (κ1) is 14.0. The van der Waals surface area contributed by atoms with E-state index in [1.165, 1.54) is 23.9 Å². The molecule has 0 saturated carbocycles. The quantitative estimate of drug-likeness (QED) is 0.591. The van der Waals surface area contributed by atoms with Gasteiger partial charge in [-0.1, -0.05) is 23.9 Å². The third-order valence-corrected chi connectivity index (χ3v) is 4.70. The number of thioether (sulfide) groups is 1. The zero-order valence-electron chi connectivity index (χ0n) is 12.0. The van der Waals surface area contributed by atoms with Crippen LogP contribution in [0.3, 0.4) is 0 Å². The molecule has 1 aliphatic rings. The molecule has 0 amide bonds. The van der Waals surface area contributed by atoms with E-state index in [0.29, 0.717) is 16.4 Å². The molecule has 4 heteroatoms. The van der Waals surface area contributed by atoms with Crippen LogP contribution in [0.4, 0.5) is 4.39 Å². The van der Waals surface area contributed by atoms with Crippen LogP contribution in [-0.4, -0.2) is 5.78 Å². The van der Waals surface area contributed by atoms with E-state index in [1.807, 2.05) is 36.4 Å². The molecule has 0 atom stereocenters.